The SMILES string of the molecule is CC1(C)OC2C(COC(c3ccccc3)(c3ccccc3)c3ccccc3)=CC(O[Si](c3ccccc3)(c3ccccc3)C(C)(C)C)C2O1. The van der Waals surface area contributed by atoms with Crippen molar-refractivity contribution in [2.24, 2.45) is 0 Å². The number of hydrogen-bond donors (Lipinski definition) is 0. The quantitative estimate of drug-likeness (QED) is 0.0853. The Morgan fingerprint density at radius 2 is 1.00 bits per heavy atom. The van der Waals surface area contributed by atoms with Crippen LogP contribution < -0.4 is 10.4 Å². The molecule has 250 valence electrons. The average molecular weight is 667 g/mol. The Hall–Kier alpha value is -4.10. The number of fused-ring (bicyclic) bond motifs is 1. The van der Waals surface area contributed by atoms with E-state index in [-0.39, 0.29) is 23.4 Å². The summed E-state index contributed by atoms with van der Waals surface area (Å²) >= 11 is 0. The summed E-state index contributed by atoms with van der Waals surface area (Å²) in [4.78, 5) is 0. The summed E-state index contributed by atoms with van der Waals surface area (Å²) in [5.41, 5.74) is 3.36. The molecule has 0 bridgehead atoms. The predicted octanol–water partition coefficient (Wildman–Crippen LogP) is 8.40. The molecule has 0 radical (unpaired) electrons. The van der Waals surface area contributed by atoms with Crippen molar-refractivity contribution in [1.29, 1.82) is 0 Å². The largest absolute Gasteiger partial charge is 0.398 e. The van der Waals surface area contributed by atoms with Gasteiger partial charge in [-0.05, 0) is 51.5 Å². The summed E-state index contributed by atoms with van der Waals surface area (Å²) in [6, 6.07) is 53.1. The molecule has 0 amide bonds. The monoisotopic (exact) mass is 666 g/mol. The van der Waals surface area contributed by atoms with Gasteiger partial charge in [0, 0.05) is 0 Å². The van der Waals surface area contributed by atoms with Crippen molar-refractivity contribution in [1.82, 2.24) is 0 Å². The fourth-order valence-corrected chi connectivity index (χ4v) is 12.4. The standard InChI is InChI=1S/C44H46O4Si/c1-42(2,3)49(37-27-17-9-18-28-37,38-29-19-10-20-30-38)48-39-31-33(40-41(39)47-43(4,5)46-40)32-45-44(34-21-11-6-12-22-34,35-23-13-7-14-24-35)36-25-15-8-16-26-36/h6-31,39-41H,32H2,1-5H3. The van der Waals surface area contributed by atoms with E-state index in [2.05, 4.69) is 160 Å². The van der Waals surface area contributed by atoms with Crippen LogP contribution in [0.4, 0.5) is 0 Å². The lowest BCUT2D eigenvalue weighted by Crippen LogP contribution is -2.68. The highest BCUT2D eigenvalue weighted by Crippen LogP contribution is 2.46. The molecule has 4 nitrogen and oxygen atoms in total. The minimum atomic E-state index is -2.89. The molecule has 0 saturated carbocycles. The van der Waals surface area contributed by atoms with Crippen molar-refractivity contribution in [2.75, 3.05) is 6.61 Å². The normalized spacial score (nSPS) is 20.5. The predicted molar refractivity (Wildman–Crippen MR) is 200 cm³/mol. The van der Waals surface area contributed by atoms with Crippen molar-refractivity contribution in [3.63, 3.8) is 0 Å². The molecule has 1 saturated heterocycles. The molecule has 1 aliphatic carbocycles. The molecule has 5 aromatic rings. The molecule has 0 spiro atoms. The Labute approximate surface area is 292 Å². The molecule has 0 N–H and O–H groups in total. The summed E-state index contributed by atoms with van der Waals surface area (Å²) in [5, 5.41) is 2.28. The van der Waals surface area contributed by atoms with Crippen LogP contribution in [0.2, 0.25) is 5.04 Å². The van der Waals surface area contributed by atoms with Crippen molar-refractivity contribution in [3.8, 4) is 0 Å². The highest BCUT2D eigenvalue weighted by molar-refractivity contribution is 6.99. The van der Waals surface area contributed by atoms with Gasteiger partial charge in [0.25, 0.3) is 8.32 Å². The van der Waals surface area contributed by atoms with Gasteiger partial charge in [-0.25, -0.2) is 0 Å². The fourth-order valence-electron chi connectivity index (χ4n) is 7.80. The molecule has 1 aliphatic heterocycles. The van der Waals surface area contributed by atoms with Crippen LogP contribution in [0, 0.1) is 0 Å². The maximum Gasteiger partial charge on any atom is 0.262 e. The number of rotatable bonds is 10. The Balaban J connectivity index is 1.33. The number of hydrogen-bond acceptors (Lipinski definition) is 4. The van der Waals surface area contributed by atoms with Crippen LogP contribution in [0.25, 0.3) is 0 Å². The topological polar surface area (TPSA) is 36.9 Å². The van der Waals surface area contributed by atoms with E-state index in [1.807, 2.05) is 32.0 Å². The van der Waals surface area contributed by atoms with E-state index in [4.69, 9.17) is 18.6 Å². The third-order valence-corrected chi connectivity index (χ3v) is 15.0. The average Bonchev–Trinajstić information content (AvgIpc) is 3.61. The molecule has 3 atom stereocenters. The number of benzene rings is 5. The Morgan fingerprint density at radius 3 is 1.41 bits per heavy atom. The van der Waals surface area contributed by atoms with Gasteiger partial charge in [0.1, 0.15) is 17.8 Å². The van der Waals surface area contributed by atoms with Gasteiger partial charge in [-0.15, -0.1) is 0 Å². The lowest BCUT2D eigenvalue weighted by molar-refractivity contribution is -0.152. The molecule has 2 aliphatic rings. The molecule has 49 heavy (non-hydrogen) atoms. The van der Waals surface area contributed by atoms with Crippen molar-refractivity contribution >= 4 is 18.7 Å². The fraction of sp³-hybridized carbons (Fsp3) is 0.273. The highest BCUT2D eigenvalue weighted by Gasteiger charge is 2.57. The second-order valence-corrected chi connectivity index (χ2v) is 18.8. The first-order valence-electron chi connectivity index (χ1n) is 17.3. The second kappa shape index (κ2) is 13.3. The van der Waals surface area contributed by atoms with Gasteiger partial charge in [-0.2, -0.15) is 0 Å². The molecule has 3 unspecified atom stereocenters. The third-order valence-electron chi connectivity index (χ3n) is 9.92. The van der Waals surface area contributed by atoms with Crippen LogP contribution in [0.3, 0.4) is 0 Å². The summed E-state index contributed by atoms with van der Waals surface area (Å²) in [5.74, 6) is -0.767. The van der Waals surface area contributed by atoms with Crippen LogP contribution in [-0.4, -0.2) is 39.0 Å². The Kier molecular flexibility index (Phi) is 9.07. The van der Waals surface area contributed by atoms with E-state index in [9.17, 15) is 0 Å². The first-order chi connectivity index (χ1) is 23.6. The van der Waals surface area contributed by atoms with Crippen LogP contribution in [-0.2, 0) is 24.2 Å². The summed E-state index contributed by atoms with van der Waals surface area (Å²) in [7, 11) is -2.89. The molecule has 0 aromatic heterocycles. The van der Waals surface area contributed by atoms with Gasteiger partial charge in [0.05, 0.1) is 12.7 Å². The number of ether oxygens (including phenoxy) is 3. The zero-order valence-corrected chi connectivity index (χ0v) is 30.1. The van der Waals surface area contributed by atoms with Crippen LogP contribution in [0.5, 0.6) is 0 Å². The van der Waals surface area contributed by atoms with Crippen LogP contribution in [0.1, 0.15) is 51.3 Å². The summed E-state index contributed by atoms with van der Waals surface area (Å²) in [6.07, 6.45) is 1.28. The van der Waals surface area contributed by atoms with Crippen LogP contribution in [0.15, 0.2) is 163 Å². The van der Waals surface area contributed by atoms with E-state index in [1.165, 1.54) is 10.4 Å². The summed E-state index contributed by atoms with van der Waals surface area (Å²) < 4.78 is 28.3. The lowest BCUT2D eigenvalue weighted by Gasteiger charge is -2.45. The molecule has 7 rings (SSSR count). The van der Waals surface area contributed by atoms with Gasteiger partial charge in [0.15, 0.2) is 5.79 Å². The van der Waals surface area contributed by atoms with E-state index >= 15 is 0 Å². The first-order valence-corrected chi connectivity index (χ1v) is 19.2. The van der Waals surface area contributed by atoms with Crippen molar-refractivity contribution in [3.05, 3.63) is 180 Å². The lowest BCUT2D eigenvalue weighted by atomic mass is 9.80. The van der Waals surface area contributed by atoms with E-state index < -0.39 is 19.7 Å². The van der Waals surface area contributed by atoms with Crippen molar-refractivity contribution in [2.45, 2.75) is 69.4 Å². The maximum absolute atomic E-state index is 7.66. The van der Waals surface area contributed by atoms with E-state index in [1.54, 1.807) is 0 Å². The zero-order valence-electron chi connectivity index (χ0n) is 29.1. The maximum atomic E-state index is 7.66. The van der Waals surface area contributed by atoms with Gasteiger partial charge in [-0.3, -0.25) is 0 Å². The van der Waals surface area contributed by atoms with Gasteiger partial charge < -0.3 is 18.6 Å². The van der Waals surface area contributed by atoms with E-state index in [0.717, 1.165) is 22.3 Å². The molecule has 5 aromatic carbocycles. The second-order valence-electron chi connectivity index (χ2n) is 14.6. The summed E-state index contributed by atoms with van der Waals surface area (Å²) in [6.45, 7) is 11.2. The Morgan fingerprint density at radius 1 is 0.592 bits per heavy atom. The minimum Gasteiger partial charge on any atom is -0.398 e. The minimum absolute atomic E-state index is 0.184. The van der Waals surface area contributed by atoms with Crippen molar-refractivity contribution < 1.29 is 18.6 Å². The smallest absolute Gasteiger partial charge is 0.262 e. The third kappa shape index (κ3) is 6.15. The van der Waals surface area contributed by atoms with Gasteiger partial charge >= 0.3 is 0 Å². The highest BCUT2D eigenvalue weighted by atomic mass is 28.4. The van der Waals surface area contributed by atoms with Gasteiger partial charge in [0.2, 0.25) is 0 Å². The molecular formula is C44H46O4Si. The molecule has 1 heterocycles. The Bertz CT molecular complexity index is 1720. The first kappa shape index (κ1) is 33.4. The zero-order chi connectivity index (χ0) is 34.1. The van der Waals surface area contributed by atoms with Crippen LogP contribution >= 0.6 is 0 Å². The van der Waals surface area contributed by atoms with E-state index in [0.29, 0.717) is 6.61 Å². The molecule has 5 heteroatoms. The molecular weight excluding hydrogens is 621 g/mol. The van der Waals surface area contributed by atoms with Gasteiger partial charge in [-0.1, -0.05) is 179 Å². The molecule has 1 fully saturated rings.